The zero-order chi connectivity index (χ0) is 16.4. The molecule has 0 radical (unpaired) electrons. The Balaban J connectivity index is 1.77. The summed E-state index contributed by atoms with van der Waals surface area (Å²) in [7, 11) is 0. The molecule has 3 aromatic rings. The molecule has 124 valence electrons. The summed E-state index contributed by atoms with van der Waals surface area (Å²) in [6.45, 7) is 6.51. The number of para-hydroxylation sites is 1. The molecule has 24 heavy (non-hydrogen) atoms. The van der Waals surface area contributed by atoms with Gasteiger partial charge in [-0.25, -0.2) is 0 Å². The van der Waals surface area contributed by atoms with E-state index in [1.165, 1.54) is 20.7 Å². The van der Waals surface area contributed by atoms with Crippen LogP contribution in [0.2, 0.25) is 0 Å². The summed E-state index contributed by atoms with van der Waals surface area (Å²) in [4.78, 5) is 10.2. The third kappa shape index (κ3) is 3.09. The van der Waals surface area contributed by atoms with Gasteiger partial charge < -0.3 is 5.32 Å². The zero-order valence-electron chi connectivity index (χ0n) is 14.0. The molecule has 1 unspecified atom stereocenters. The van der Waals surface area contributed by atoms with Crippen LogP contribution in [0.4, 0.5) is 0 Å². The molecular weight excluding hydrogens is 314 g/mol. The standard InChI is InChI=1S/C20H23N3S/c1-2-17-7-8-19(24-17)20(23-11-9-21-10-12-23)16-13-15-5-3-4-6-18(15)22-14-16/h3-8,13-14,20-21H,2,9-12H2,1H3. The normalized spacial score (nSPS) is 17.2. The van der Waals surface area contributed by atoms with Gasteiger partial charge in [0.2, 0.25) is 0 Å². The Labute approximate surface area is 147 Å². The number of nitrogens with zero attached hydrogens (tertiary/aromatic N) is 2. The van der Waals surface area contributed by atoms with E-state index in [1.54, 1.807) is 0 Å². The van der Waals surface area contributed by atoms with Crippen molar-refractivity contribution < 1.29 is 0 Å². The largest absolute Gasteiger partial charge is 0.314 e. The molecule has 4 heteroatoms. The van der Waals surface area contributed by atoms with Crippen LogP contribution in [0.15, 0.2) is 48.7 Å². The zero-order valence-corrected chi connectivity index (χ0v) is 14.9. The smallest absolute Gasteiger partial charge is 0.0712 e. The van der Waals surface area contributed by atoms with Gasteiger partial charge in [0.25, 0.3) is 0 Å². The van der Waals surface area contributed by atoms with Crippen LogP contribution in [0, 0.1) is 0 Å². The van der Waals surface area contributed by atoms with Gasteiger partial charge in [-0.15, -0.1) is 11.3 Å². The van der Waals surface area contributed by atoms with Gasteiger partial charge in [0.1, 0.15) is 0 Å². The highest BCUT2D eigenvalue weighted by Crippen LogP contribution is 2.34. The number of benzene rings is 1. The molecule has 1 aliphatic rings. The lowest BCUT2D eigenvalue weighted by Crippen LogP contribution is -2.45. The van der Waals surface area contributed by atoms with Crippen molar-refractivity contribution in [3.8, 4) is 0 Å². The van der Waals surface area contributed by atoms with Gasteiger partial charge in [-0.3, -0.25) is 9.88 Å². The second kappa shape index (κ2) is 7.01. The van der Waals surface area contributed by atoms with Crippen LogP contribution in [0.1, 0.15) is 28.3 Å². The average Bonchev–Trinajstić information content (AvgIpc) is 3.11. The van der Waals surface area contributed by atoms with Crippen molar-refractivity contribution >= 4 is 22.2 Å². The lowest BCUT2D eigenvalue weighted by molar-refractivity contribution is 0.200. The quantitative estimate of drug-likeness (QED) is 0.784. The molecule has 1 atom stereocenters. The second-order valence-electron chi connectivity index (χ2n) is 6.31. The van der Waals surface area contributed by atoms with Gasteiger partial charge in [0.05, 0.1) is 11.6 Å². The van der Waals surface area contributed by atoms with Crippen molar-refractivity contribution in [3.63, 3.8) is 0 Å². The Kier molecular flexibility index (Phi) is 4.60. The Bertz CT molecular complexity index is 820. The number of fused-ring (bicyclic) bond motifs is 1. The molecule has 4 rings (SSSR count). The fraction of sp³-hybridized carbons (Fsp3) is 0.350. The maximum Gasteiger partial charge on any atom is 0.0712 e. The van der Waals surface area contributed by atoms with E-state index in [4.69, 9.17) is 4.98 Å². The van der Waals surface area contributed by atoms with E-state index in [1.807, 2.05) is 11.3 Å². The minimum absolute atomic E-state index is 0.314. The maximum atomic E-state index is 4.71. The summed E-state index contributed by atoms with van der Waals surface area (Å²) in [5.41, 5.74) is 2.38. The van der Waals surface area contributed by atoms with Crippen LogP contribution in [-0.2, 0) is 6.42 Å². The van der Waals surface area contributed by atoms with Crippen LogP contribution in [0.3, 0.4) is 0 Å². The molecule has 1 aromatic carbocycles. The Morgan fingerprint density at radius 3 is 2.79 bits per heavy atom. The van der Waals surface area contributed by atoms with Crippen LogP contribution >= 0.6 is 11.3 Å². The number of pyridine rings is 1. The van der Waals surface area contributed by atoms with E-state index in [9.17, 15) is 0 Å². The van der Waals surface area contributed by atoms with Crippen LogP contribution in [0.5, 0.6) is 0 Å². The fourth-order valence-electron chi connectivity index (χ4n) is 3.46. The molecule has 0 spiro atoms. The molecule has 1 N–H and O–H groups in total. The Morgan fingerprint density at radius 2 is 2.00 bits per heavy atom. The summed E-state index contributed by atoms with van der Waals surface area (Å²) in [6.07, 6.45) is 3.18. The van der Waals surface area contributed by atoms with Crippen molar-refractivity contribution in [1.29, 1.82) is 0 Å². The van der Waals surface area contributed by atoms with Gasteiger partial charge in [-0.05, 0) is 36.2 Å². The fourth-order valence-corrected chi connectivity index (χ4v) is 4.58. The first kappa shape index (κ1) is 15.8. The molecule has 1 fully saturated rings. The number of aryl methyl sites for hydroxylation is 1. The molecule has 0 bridgehead atoms. The third-order valence-electron chi connectivity index (χ3n) is 4.74. The van der Waals surface area contributed by atoms with Crippen LogP contribution < -0.4 is 5.32 Å². The van der Waals surface area contributed by atoms with Crippen molar-refractivity contribution in [1.82, 2.24) is 15.2 Å². The predicted octanol–water partition coefficient (Wildman–Crippen LogP) is 3.85. The first-order valence-corrected chi connectivity index (χ1v) is 9.55. The molecule has 0 amide bonds. The van der Waals surface area contributed by atoms with Gasteiger partial charge in [0, 0.05) is 47.5 Å². The summed E-state index contributed by atoms with van der Waals surface area (Å²) in [5.74, 6) is 0. The molecule has 0 saturated carbocycles. The number of hydrogen-bond donors (Lipinski definition) is 1. The Morgan fingerprint density at radius 1 is 1.17 bits per heavy atom. The highest BCUT2D eigenvalue weighted by atomic mass is 32.1. The summed E-state index contributed by atoms with van der Waals surface area (Å²) in [5, 5.41) is 4.69. The van der Waals surface area contributed by atoms with Crippen molar-refractivity contribution in [2.75, 3.05) is 26.2 Å². The average molecular weight is 337 g/mol. The predicted molar refractivity (Wildman–Crippen MR) is 102 cm³/mol. The Hall–Kier alpha value is -1.75. The molecule has 1 saturated heterocycles. The number of thiophene rings is 1. The highest BCUT2D eigenvalue weighted by Gasteiger charge is 2.25. The molecule has 3 nitrogen and oxygen atoms in total. The third-order valence-corrected chi connectivity index (χ3v) is 6.03. The minimum atomic E-state index is 0.314. The topological polar surface area (TPSA) is 28.2 Å². The summed E-state index contributed by atoms with van der Waals surface area (Å²) < 4.78 is 0. The molecule has 1 aliphatic heterocycles. The van der Waals surface area contributed by atoms with Crippen molar-refractivity contribution in [3.05, 3.63) is 64.0 Å². The lowest BCUT2D eigenvalue weighted by Gasteiger charge is -2.34. The van der Waals surface area contributed by atoms with E-state index in [0.29, 0.717) is 6.04 Å². The van der Waals surface area contributed by atoms with E-state index >= 15 is 0 Å². The van der Waals surface area contributed by atoms with Crippen LogP contribution in [0.25, 0.3) is 10.9 Å². The SMILES string of the molecule is CCc1ccc(C(c2cnc3ccccc3c2)N2CCNCC2)s1. The monoisotopic (exact) mass is 337 g/mol. The van der Waals surface area contributed by atoms with E-state index in [0.717, 1.165) is 38.1 Å². The number of aromatic nitrogens is 1. The molecule has 3 heterocycles. The first-order chi connectivity index (χ1) is 11.8. The van der Waals surface area contributed by atoms with Crippen molar-refractivity contribution in [2.45, 2.75) is 19.4 Å². The second-order valence-corrected chi connectivity index (χ2v) is 7.51. The van der Waals surface area contributed by atoms with E-state index in [-0.39, 0.29) is 0 Å². The van der Waals surface area contributed by atoms with E-state index < -0.39 is 0 Å². The first-order valence-electron chi connectivity index (χ1n) is 8.73. The molecule has 0 aliphatic carbocycles. The minimum Gasteiger partial charge on any atom is -0.314 e. The van der Waals surface area contributed by atoms with Crippen LogP contribution in [-0.4, -0.2) is 36.1 Å². The van der Waals surface area contributed by atoms with E-state index in [2.05, 4.69) is 65.8 Å². The van der Waals surface area contributed by atoms with Crippen molar-refractivity contribution in [2.24, 2.45) is 0 Å². The summed E-state index contributed by atoms with van der Waals surface area (Å²) >= 11 is 1.95. The number of nitrogens with one attached hydrogen (secondary N) is 1. The van der Waals surface area contributed by atoms with Gasteiger partial charge >= 0.3 is 0 Å². The van der Waals surface area contributed by atoms with Gasteiger partial charge in [0.15, 0.2) is 0 Å². The molecular formula is C20H23N3S. The van der Waals surface area contributed by atoms with Gasteiger partial charge in [-0.1, -0.05) is 25.1 Å². The molecule has 2 aromatic heterocycles. The maximum absolute atomic E-state index is 4.71. The highest BCUT2D eigenvalue weighted by molar-refractivity contribution is 7.12. The summed E-state index contributed by atoms with van der Waals surface area (Å²) in [6, 6.07) is 15.6. The number of hydrogen-bond acceptors (Lipinski definition) is 4. The number of rotatable bonds is 4. The van der Waals surface area contributed by atoms with Gasteiger partial charge in [-0.2, -0.15) is 0 Å². The number of piperazine rings is 1. The lowest BCUT2D eigenvalue weighted by atomic mass is 10.0.